The van der Waals surface area contributed by atoms with E-state index in [1.165, 1.54) is 3.57 Å². The minimum absolute atomic E-state index is 0.852. The minimum Gasteiger partial charge on any atom is -0.370 e. The highest BCUT2D eigenvalue weighted by Gasteiger charge is 1.97. The van der Waals surface area contributed by atoms with Crippen LogP contribution in [0.25, 0.3) is 0 Å². The van der Waals surface area contributed by atoms with Crippen molar-refractivity contribution < 1.29 is 0 Å². The van der Waals surface area contributed by atoms with Crippen LogP contribution in [-0.4, -0.2) is 11.5 Å². The SMILES string of the molecule is CCNc1cccc(Nc2ccc(I)cc2)n1. The molecule has 0 radical (unpaired) electrons. The predicted molar refractivity (Wildman–Crippen MR) is 80.8 cm³/mol. The van der Waals surface area contributed by atoms with Crippen LogP contribution in [0.2, 0.25) is 0 Å². The number of pyridine rings is 1. The Labute approximate surface area is 115 Å². The standard InChI is InChI=1S/C13H14IN3/c1-2-15-12-4-3-5-13(17-12)16-11-8-6-10(14)7-9-11/h3-9H,2H2,1H3,(H2,15,16,17). The molecular weight excluding hydrogens is 325 g/mol. The lowest BCUT2D eigenvalue weighted by Crippen LogP contribution is -2.01. The fourth-order valence-corrected chi connectivity index (χ4v) is 1.82. The summed E-state index contributed by atoms with van der Waals surface area (Å²) in [6.45, 7) is 2.93. The zero-order valence-corrected chi connectivity index (χ0v) is 11.7. The average Bonchev–Trinajstić information content (AvgIpc) is 2.33. The second-order valence-corrected chi connectivity index (χ2v) is 4.82. The van der Waals surface area contributed by atoms with Crippen molar-refractivity contribution in [2.24, 2.45) is 0 Å². The van der Waals surface area contributed by atoms with Gasteiger partial charge in [-0.05, 0) is 65.9 Å². The summed E-state index contributed by atoms with van der Waals surface area (Å²) in [5, 5.41) is 6.47. The number of nitrogens with one attached hydrogen (secondary N) is 2. The van der Waals surface area contributed by atoms with Gasteiger partial charge >= 0.3 is 0 Å². The highest BCUT2D eigenvalue weighted by molar-refractivity contribution is 14.1. The molecular formula is C13H14IN3. The Hall–Kier alpha value is -1.30. The van der Waals surface area contributed by atoms with E-state index in [9.17, 15) is 0 Å². The Balaban J connectivity index is 2.12. The van der Waals surface area contributed by atoms with Crippen LogP contribution in [0, 0.1) is 3.57 Å². The molecule has 0 unspecified atom stereocenters. The van der Waals surface area contributed by atoms with E-state index >= 15 is 0 Å². The molecule has 1 aromatic heterocycles. The van der Waals surface area contributed by atoms with E-state index in [4.69, 9.17) is 0 Å². The summed E-state index contributed by atoms with van der Waals surface area (Å²) in [4.78, 5) is 4.46. The number of aromatic nitrogens is 1. The molecule has 0 amide bonds. The molecule has 0 spiro atoms. The van der Waals surface area contributed by atoms with Gasteiger partial charge in [-0.3, -0.25) is 0 Å². The maximum Gasteiger partial charge on any atom is 0.132 e. The first-order valence-electron chi connectivity index (χ1n) is 5.51. The molecule has 0 aliphatic carbocycles. The topological polar surface area (TPSA) is 37.0 Å². The van der Waals surface area contributed by atoms with Crippen molar-refractivity contribution in [2.75, 3.05) is 17.2 Å². The smallest absolute Gasteiger partial charge is 0.132 e. The maximum atomic E-state index is 4.46. The molecule has 0 aliphatic heterocycles. The van der Waals surface area contributed by atoms with Crippen LogP contribution in [0.15, 0.2) is 42.5 Å². The Bertz CT molecular complexity index is 482. The molecule has 2 N–H and O–H groups in total. The van der Waals surface area contributed by atoms with Crippen LogP contribution in [0.1, 0.15) is 6.92 Å². The van der Waals surface area contributed by atoms with Crippen molar-refractivity contribution in [3.63, 3.8) is 0 Å². The first kappa shape index (κ1) is 12.2. The molecule has 4 heteroatoms. The van der Waals surface area contributed by atoms with Crippen LogP contribution >= 0.6 is 22.6 Å². The van der Waals surface area contributed by atoms with Gasteiger partial charge in [-0.2, -0.15) is 0 Å². The van der Waals surface area contributed by atoms with E-state index in [1.54, 1.807) is 0 Å². The third-order valence-electron chi connectivity index (χ3n) is 2.22. The van der Waals surface area contributed by atoms with Crippen molar-refractivity contribution in [1.82, 2.24) is 4.98 Å². The van der Waals surface area contributed by atoms with E-state index < -0.39 is 0 Å². The summed E-state index contributed by atoms with van der Waals surface area (Å²) < 4.78 is 1.22. The first-order valence-corrected chi connectivity index (χ1v) is 6.59. The lowest BCUT2D eigenvalue weighted by molar-refractivity contribution is 1.16. The third kappa shape index (κ3) is 3.59. The van der Waals surface area contributed by atoms with E-state index in [0.717, 1.165) is 23.9 Å². The summed E-state index contributed by atoms with van der Waals surface area (Å²) in [5.41, 5.74) is 1.05. The van der Waals surface area contributed by atoms with Gasteiger partial charge in [0.2, 0.25) is 0 Å². The molecule has 17 heavy (non-hydrogen) atoms. The maximum absolute atomic E-state index is 4.46. The molecule has 88 valence electrons. The molecule has 0 atom stereocenters. The van der Waals surface area contributed by atoms with E-state index in [1.807, 2.05) is 30.3 Å². The Morgan fingerprint density at radius 1 is 1.06 bits per heavy atom. The number of halogens is 1. The largest absolute Gasteiger partial charge is 0.370 e. The summed E-state index contributed by atoms with van der Waals surface area (Å²) in [5.74, 6) is 1.74. The molecule has 1 aromatic carbocycles. The monoisotopic (exact) mass is 339 g/mol. The molecule has 0 fully saturated rings. The molecule has 0 aliphatic rings. The van der Waals surface area contributed by atoms with Gasteiger partial charge in [0.1, 0.15) is 11.6 Å². The van der Waals surface area contributed by atoms with Crippen LogP contribution in [-0.2, 0) is 0 Å². The van der Waals surface area contributed by atoms with E-state index in [2.05, 4.69) is 57.3 Å². The summed E-state index contributed by atoms with van der Waals surface area (Å²) in [6, 6.07) is 14.1. The van der Waals surface area contributed by atoms with E-state index in [0.29, 0.717) is 0 Å². The number of benzene rings is 1. The van der Waals surface area contributed by atoms with Crippen LogP contribution in [0.3, 0.4) is 0 Å². The molecule has 0 bridgehead atoms. The van der Waals surface area contributed by atoms with Gasteiger partial charge in [0.05, 0.1) is 0 Å². The number of anilines is 3. The first-order chi connectivity index (χ1) is 8.28. The number of hydrogen-bond acceptors (Lipinski definition) is 3. The third-order valence-corrected chi connectivity index (χ3v) is 2.94. The van der Waals surface area contributed by atoms with Gasteiger partial charge < -0.3 is 10.6 Å². The van der Waals surface area contributed by atoms with Gasteiger partial charge in [0.25, 0.3) is 0 Å². The number of rotatable bonds is 4. The van der Waals surface area contributed by atoms with Crippen molar-refractivity contribution in [1.29, 1.82) is 0 Å². The molecule has 1 heterocycles. The predicted octanol–water partition coefficient (Wildman–Crippen LogP) is 3.86. The van der Waals surface area contributed by atoms with Gasteiger partial charge in [-0.25, -0.2) is 4.98 Å². The minimum atomic E-state index is 0.852. The van der Waals surface area contributed by atoms with Crippen LogP contribution in [0.5, 0.6) is 0 Å². The quantitative estimate of drug-likeness (QED) is 0.831. The normalized spacial score (nSPS) is 10.0. The summed E-state index contributed by atoms with van der Waals surface area (Å²) in [6.07, 6.45) is 0. The zero-order chi connectivity index (χ0) is 12.1. The molecule has 0 saturated carbocycles. The Morgan fingerprint density at radius 2 is 1.76 bits per heavy atom. The van der Waals surface area contributed by atoms with Crippen molar-refractivity contribution in [3.8, 4) is 0 Å². The Kier molecular flexibility index (Phi) is 4.19. The van der Waals surface area contributed by atoms with Crippen molar-refractivity contribution in [3.05, 3.63) is 46.0 Å². The average molecular weight is 339 g/mol. The number of nitrogens with zero attached hydrogens (tertiary/aromatic N) is 1. The molecule has 2 rings (SSSR count). The highest BCUT2D eigenvalue weighted by Crippen LogP contribution is 2.17. The molecule has 2 aromatic rings. The lowest BCUT2D eigenvalue weighted by Gasteiger charge is -2.08. The number of hydrogen-bond donors (Lipinski definition) is 2. The molecule has 0 saturated heterocycles. The van der Waals surface area contributed by atoms with Gasteiger partial charge in [-0.15, -0.1) is 0 Å². The van der Waals surface area contributed by atoms with Gasteiger partial charge in [-0.1, -0.05) is 6.07 Å². The second-order valence-electron chi connectivity index (χ2n) is 3.57. The van der Waals surface area contributed by atoms with Crippen LogP contribution < -0.4 is 10.6 Å². The van der Waals surface area contributed by atoms with Crippen molar-refractivity contribution in [2.45, 2.75) is 6.92 Å². The van der Waals surface area contributed by atoms with E-state index in [-0.39, 0.29) is 0 Å². The van der Waals surface area contributed by atoms with Gasteiger partial charge in [0, 0.05) is 15.8 Å². The second kappa shape index (κ2) is 5.86. The van der Waals surface area contributed by atoms with Crippen LogP contribution in [0.4, 0.5) is 17.3 Å². The lowest BCUT2D eigenvalue weighted by atomic mass is 10.3. The fraction of sp³-hybridized carbons (Fsp3) is 0.154. The molecule has 3 nitrogen and oxygen atoms in total. The van der Waals surface area contributed by atoms with Gasteiger partial charge in [0.15, 0.2) is 0 Å². The zero-order valence-electron chi connectivity index (χ0n) is 9.57. The summed E-state index contributed by atoms with van der Waals surface area (Å²) in [7, 11) is 0. The summed E-state index contributed by atoms with van der Waals surface area (Å²) >= 11 is 2.29. The van der Waals surface area contributed by atoms with Crippen molar-refractivity contribution >= 4 is 39.9 Å². The fourth-order valence-electron chi connectivity index (χ4n) is 1.47. The Morgan fingerprint density at radius 3 is 2.47 bits per heavy atom. The highest BCUT2D eigenvalue weighted by atomic mass is 127.